The highest BCUT2D eigenvalue weighted by Crippen LogP contribution is 2.37. The van der Waals surface area contributed by atoms with Crippen LogP contribution in [0.25, 0.3) is 11.3 Å². The normalized spacial score (nSPS) is 16.5. The molecule has 3 heteroatoms. The molecule has 1 fully saturated rings. The standard InChI is InChI=1S/C14H16N2S/c15-12-7-5-10(6-8-12)13-9-17-14(16-13)11-3-1-2-4-11/h5-9,11H,1-4,15H2. The Kier molecular flexibility index (Phi) is 2.85. The third-order valence-electron chi connectivity index (χ3n) is 3.43. The second-order valence-electron chi connectivity index (χ2n) is 4.67. The molecule has 0 spiro atoms. The Morgan fingerprint density at radius 2 is 1.82 bits per heavy atom. The smallest absolute Gasteiger partial charge is 0.0963 e. The van der Waals surface area contributed by atoms with Crippen molar-refractivity contribution in [2.45, 2.75) is 31.6 Å². The lowest BCUT2D eigenvalue weighted by Crippen LogP contribution is -1.91. The summed E-state index contributed by atoms with van der Waals surface area (Å²) in [6.07, 6.45) is 5.35. The number of aromatic nitrogens is 1. The number of hydrogen-bond donors (Lipinski definition) is 1. The Bertz CT molecular complexity index is 495. The van der Waals surface area contributed by atoms with Crippen LogP contribution in [0.5, 0.6) is 0 Å². The minimum absolute atomic E-state index is 0.711. The van der Waals surface area contributed by atoms with Crippen LogP contribution in [0.1, 0.15) is 36.6 Å². The van der Waals surface area contributed by atoms with E-state index in [0.717, 1.165) is 11.4 Å². The molecule has 1 heterocycles. The third kappa shape index (κ3) is 2.20. The first-order chi connectivity index (χ1) is 8.33. The van der Waals surface area contributed by atoms with Crippen molar-refractivity contribution in [2.24, 2.45) is 0 Å². The van der Waals surface area contributed by atoms with Gasteiger partial charge >= 0.3 is 0 Å². The highest BCUT2D eigenvalue weighted by molar-refractivity contribution is 7.10. The largest absolute Gasteiger partial charge is 0.399 e. The van der Waals surface area contributed by atoms with E-state index in [4.69, 9.17) is 10.7 Å². The number of nitrogens with two attached hydrogens (primary N) is 1. The number of anilines is 1. The third-order valence-corrected chi connectivity index (χ3v) is 4.44. The predicted octanol–water partition coefficient (Wildman–Crippen LogP) is 4.05. The topological polar surface area (TPSA) is 38.9 Å². The lowest BCUT2D eigenvalue weighted by atomic mass is 10.1. The summed E-state index contributed by atoms with van der Waals surface area (Å²) in [4.78, 5) is 4.77. The van der Waals surface area contributed by atoms with Gasteiger partial charge in [-0.25, -0.2) is 4.98 Å². The summed E-state index contributed by atoms with van der Waals surface area (Å²) in [6, 6.07) is 7.96. The van der Waals surface area contributed by atoms with Crippen LogP contribution in [0.15, 0.2) is 29.6 Å². The first kappa shape index (κ1) is 10.8. The molecule has 17 heavy (non-hydrogen) atoms. The number of rotatable bonds is 2. The molecule has 2 nitrogen and oxygen atoms in total. The summed E-state index contributed by atoms with van der Waals surface area (Å²) in [5.41, 5.74) is 8.76. The van der Waals surface area contributed by atoms with Gasteiger partial charge in [-0.05, 0) is 25.0 Å². The Hall–Kier alpha value is -1.35. The van der Waals surface area contributed by atoms with Crippen molar-refractivity contribution in [3.05, 3.63) is 34.7 Å². The highest BCUT2D eigenvalue weighted by Gasteiger charge is 2.20. The van der Waals surface area contributed by atoms with E-state index in [1.165, 1.54) is 36.3 Å². The summed E-state index contributed by atoms with van der Waals surface area (Å²) in [7, 11) is 0. The van der Waals surface area contributed by atoms with E-state index in [2.05, 4.69) is 5.38 Å². The number of nitrogen functional groups attached to an aromatic ring is 1. The Morgan fingerprint density at radius 3 is 2.53 bits per heavy atom. The fourth-order valence-electron chi connectivity index (χ4n) is 2.43. The van der Waals surface area contributed by atoms with Gasteiger partial charge in [0.15, 0.2) is 0 Å². The van der Waals surface area contributed by atoms with Crippen LogP contribution in [-0.4, -0.2) is 4.98 Å². The van der Waals surface area contributed by atoms with Gasteiger partial charge in [-0.15, -0.1) is 11.3 Å². The highest BCUT2D eigenvalue weighted by atomic mass is 32.1. The van der Waals surface area contributed by atoms with Gasteiger partial charge < -0.3 is 5.73 Å². The van der Waals surface area contributed by atoms with E-state index in [-0.39, 0.29) is 0 Å². The molecule has 0 amide bonds. The van der Waals surface area contributed by atoms with Crippen LogP contribution in [-0.2, 0) is 0 Å². The molecular weight excluding hydrogens is 228 g/mol. The van der Waals surface area contributed by atoms with Crippen LogP contribution >= 0.6 is 11.3 Å². The van der Waals surface area contributed by atoms with Crippen molar-refractivity contribution in [1.29, 1.82) is 0 Å². The zero-order valence-electron chi connectivity index (χ0n) is 9.73. The molecule has 1 aromatic carbocycles. The molecule has 1 aromatic heterocycles. The molecule has 0 bridgehead atoms. The molecule has 1 aliphatic carbocycles. The minimum atomic E-state index is 0.711. The van der Waals surface area contributed by atoms with Crippen molar-refractivity contribution in [3.8, 4) is 11.3 Å². The van der Waals surface area contributed by atoms with Gasteiger partial charge in [0.05, 0.1) is 10.7 Å². The molecule has 1 saturated carbocycles. The summed E-state index contributed by atoms with van der Waals surface area (Å²) in [6.45, 7) is 0. The molecule has 0 saturated heterocycles. The molecule has 2 N–H and O–H groups in total. The van der Waals surface area contributed by atoms with E-state index in [1.54, 1.807) is 11.3 Å². The van der Waals surface area contributed by atoms with Crippen LogP contribution in [0.4, 0.5) is 5.69 Å². The van der Waals surface area contributed by atoms with Crippen LogP contribution in [0.2, 0.25) is 0 Å². The summed E-state index contributed by atoms with van der Waals surface area (Å²) in [5, 5.41) is 3.48. The van der Waals surface area contributed by atoms with Gasteiger partial charge in [0.2, 0.25) is 0 Å². The molecule has 1 aliphatic rings. The molecule has 0 atom stereocenters. The van der Waals surface area contributed by atoms with Crippen LogP contribution in [0.3, 0.4) is 0 Å². The quantitative estimate of drug-likeness (QED) is 0.809. The average Bonchev–Trinajstić information content (AvgIpc) is 3.00. The molecule has 88 valence electrons. The van der Waals surface area contributed by atoms with Gasteiger partial charge in [-0.3, -0.25) is 0 Å². The van der Waals surface area contributed by atoms with Crippen molar-refractivity contribution in [1.82, 2.24) is 4.98 Å². The molecule has 0 radical (unpaired) electrons. The van der Waals surface area contributed by atoms with Crippen LogP contribution < -0.4 is 5.73 Å². The van der Waals surface area contributed by atoms with Gasteiger partial charge in [0, 0.05) is 22.5 Å². The number of hydrogen-bond acceptors (Lipinski definition) is 3. The van der Waals surface area contributed by atoms with Gasteiger partial charge in [-0.2, -0.15) is 0 Å². The molecule has 2 aromatic rings. The van der Waals surface area contributed by atoms with E-state index in [1.807, 2.05) is 24.3 Å². The maximum atomic E-state index is 5.69. The second kappa shape index (κ2) is 4.49. The van der Waals surface area contributed by atoms with Gasteiger partial charge in [0.1, 0.15) is 0 Å². The van der Waals surface area contributed by atoms with E-state index >= 15 is 0 Å². The summed E-state index contributed by atoms with van der Waals surface area (Å²) >= 11 is 1.80. The first-order valence-electron chi connectivity index (χ1n) is 6.14. The molecule has 0 aliphatic heterocycles. The maximum absolute atomic E-state index is 5.69. The number of benzene rings is 1. The SMILES string of the molecule is Nc1ccc(-c2csc(C3CCCC3)n2)cc1. The van der Waals surface area contributed by atoms with Gasteiger partial charge in [0.25, 0.3) is 0 Å². The van der Waals surface area contributed by atoms with Crippen molar-refractivity contribution in [3.63, 3.8) is 0 Å². The summed E-state index contributed by atoms with van der Waals surface area (Å²) in [5.74, 6) is 0.711. The second-order valence-corrected chi connectivity index (χ2v) is 5.56. The number of nitrogens with zero attached hydrogens (tertiary/aromatic N) is 1. The van der Waals surface area contributed by atoms with Crippen molar-refractivity contribution < 1.29 is 0 Å². The Labute approximate surface area is 106 Å². The Morgan fingerprint density at radius 1 is 1.12 bits per heavy atom. The molecular formula is C14H16N2S. The first-order valence-corrected chi connectivity index (χ1v) is 7.02. The van der Waals surface area contributed by atoms with Crippen molar-refractivity contribution in [2.75, 3.05) is 5.73 Å². The zero-order valence-corrected chi connectivity index (χ0v) is 10.5. The average molecular weight is 244 g/mol. The lowest BCUT2D eigenvalue weighted by molar-refractivity contribution is 0.717. The maximum Gasteiger partial charge on any atom is 0.0963 e. The molecule has 0 unspecified atom stereocenters. The lowest BCUT2D eigenvalue weighted by Gasteiger charge is -2.03. The fourth-order valence-corrected chi connectivity index (χ4v) is 3.43. The molecule has 3 rings (SSSR count). The van der Waals surface area contributed by atoms with Gasteiger partial charge in [-0.1, -0.05) is 25.0 Å². The fraction of sp³-hybridized carbons (Fsp3) is 0.357. The number of thiazole rings is 1. The monoisotopic (exact) mass is 244 g/mol. The van der Waals surface area contributed by atoms with E-state index in [0.29, 0.717) is 5.92 Å². The van der Waals surface area contributed by atoms with Crippen LogP contribution in [0, 0.1) is 0 Å². The predicted molar refractivity (Wildman–Crippen MR) is 73.2 cm³/mol. The van der Waals surface area contributed by atoms with E-state index in [9.17, 15) is 0 Å². The Balaban J connectivity index is 1.86. The zero-order chi connectivity index (χ0) is 11.7. The van der Waals surface area contributed by atoms with Crippen molar-refractivity contribution >= 4 is 17.0 Å². The summed E-state index contributed by atoms with van der Waals surface area (Å²) < 4.78 is 0. The minimum Gasteiger partial charge on any atom is -0.399 e. The van der Waals surface area contributed by atoms with E-state index < -0.39 is 0 Å².